The van der Waals surface area contributed by atoms with Crippen LogP contribution in [0.1, 0.15) is 32.2 Å². The van der Waals surface area contributed by atoms with Gasteiger partial charge >= 0.3 is 0 Å². The van der Waals surface area contributed by atoms with Crippen molar-refractivity contribution in [3.8, 4) is 0 Å². The number of carbonyl (C=O) groups is 1. The van der Waals surface area contributed by atoms with Crippen molar-refractivity contribution in [1.29, 1.82) is 0 Å². The molecule has 0 radical (unpaired) electrons. The predicted molar refractivity (Wildman–Crippen MR) is 129 cm³/mol. The lowest BCUT2D eigenvalue weighted by Crippen LogP contribution is -2.48. The molecular formula is C26H33N3OS. The van der Waals surface area contributed by atoms with Gasteiger partial charge in [-0.2, -0.15) is 0 Å². The van der Waals surface area contributed by atoms with Crippen molar-refractivity contribution in [2.45, 2.75) is 33.2 Å². The molecule has 5 heteroatoms. The molecule has 2 aromatic heterocycles. The van der Waals surface area contributed by atoms with Crippen LogP contribution in [0.4, 0.5) is 0 Å². The van der Waals surface area contributed by atoms with Crippen LogP contribution in [0.3, 0.4) is 0 Å². The summed E-state index contributed by atoms with van der Waals surface area (Å²) in [5.41, 5.74) is 4.51. The zero-order chi connectivity index (χ0) is 21.6. The molecule has 0 unspecified atom stereocenters. The highest BCUT2D eigenvalue weighted by Crippen LogP contribution is 2.18. The number of ketones is 1. The predicted octanol–water partition coefficient (Wildman–Crippen LogP) is 4.45. The van der Waals surface area contributed by atoms with Gasteiger partial charge in [0.2, 0.25) is 0 Å². The standard InChI is InChI=1S/C26H33N3OS/c1-21-19-25(22(2)29(21)13-10-23-7-4-3-5-8-23)26(30)20-28-16-14-27(15-17-28)12-11-24-9-6-18-31-24/h3-9,18-19H,10-17,20H2,1-2H3. The van der Waals surface area contributed by atoms with Gasteiger partial charge in [0, 0.05) is 61.1 Å². The molecule has 0 amide bonds. The van der Waals surface area contributed by atoms with E-state index in [0.29, 0.717) is 6.54 Å². The third-order valence-electron chi connectivity index (χ3n) is 6.43. The summed E-state index contributed by atoms with van der Waals surface area (Å²) in [4.78, 5) is 19.4. The zero-order valence-electron chi connectivity index (χ0n) is 18.7. The summed E-state index contributed by atoms with van der Waals surface area (Å²) < 4.78 is 2.29. The molecule has 164 valence electrons. The Morgan fingerprint density at radius 2 is 1.65 bits per heavy atom. The Morgan fingerprint density at radius 1 is 0.903 bits per heavy atom. The van der Waals surface area contributed by atoms with Crippen LogP contribution >= 0.6 is 11.3 Å². The van der Waals surface area contributed by atoms with E-state index >= 15 is 0 Å². The fraction of sp³-hybridized carbons (Fsp3) is 0.423. The van der Waals surface area contributed by atoms with E-state index < -0.39 is 0 Å². The molecule has 3 aromatic rings. The van der Waals surface area contributed by atoms with E-state index in [2.05, 4.69) is 82.1 Å². The van der Waals surface area contributed by atoms with Gasteiger partial charge in [-0.05, 0) is 49.8 Å². The number of aryl methyl sites for hydroxylation is 2. The van der Waals surface area contributed by atoms with Crippen LogP contribution in [0.2, 0.25) is 0 Å². The van der Waals surface area contributed by atoms with Crippen molar-refractivity contribution in [2.24, 2.45) is 0 Å². The summed E-state index contributed by atoms with van der Waals surface area (Å²) in [5.74, 6) is 0.256. The van der Waals surface area contributed by atoms with Gasteiger partial charge in [0.05, 0.1) is 6.54 Å². The molecule has 0 atom stereocenters. The lowest BCUT2D eigenvalue weighted by atomic mass is 10.1. The Labute approximate surface area is 190 Å². The summed E-state index contributed by atoms with van der Waals surface area (Å²) in [7, 11) is 0. The van der Waals surface area contributed by atoms with Crippen LogP contribution in [0.15, 0.2) is 53.9 Å². The molecule has 1 saturated heterocycles. The number of hydrogen-bond donors (Lipinski definition) is 0. The fourth-order valence-electron chi connectivity index (χ4n) is 4.50. The highest BCUT2D eigenvalue weighted by Gasteiger charge is 2.22. The Morgan fingerprint density at radius 3 is 2.35 bits per heavy atom. The van der Waals surface area contributed by atoms with Crippen LogP contribution < -0.4 is 0 Å². The van der Waals surface area contributed by atoms with Gasteiger partial charge in [0.1, 0.15) is 0 Å². The van der Waals surface area contributed by atoms with Gasteiger partial charge < -0.3 is 9.47 Å². The fourth-order valence-corrected chi connectivity index (χ4v) is 5.19. The number of Topliss-reactive ketones (excluding diaryl/α,β-unsaturated/α-hetero) is 1. The number of rotatable bonds is 9. The first-order chi connectivity index (χ1) is 15.1. The molecule has 0 N–H and O–H groups in total. The molecule has 3 heterocycles. The highest BCUT2D eigenvalue weighted by atomic mass is 32.1. The Bertz CT molecular complexity index is 970. The van der Waals surface area contributed by atoms with Gasteiger partial charge in [0.25, 0.3) is 0 Å². The van der Waals surface area contributed by atoms with Gasteiger partial charge in [-0.15, -0.1) is 11.3 Å². The van der Waals surface area contributed by atoms with Crippen LogP contribution in [-0.2, 0) is 19.4 Å². The topological polar surface area (TPSA) is 28.5 Å². The number of thiophene rings is 1. The zero-order valence-corrected chi connectivity index (χ0v) is 19.5. The van der Waals surface area contributed by atoms with Crippen molar-refractivity contribution in [3.63, 3.8) is 0 Å². The summed E-state index contributed by atoms with van der Waals surface area (Å²) in [6, 6.07) is 17.0. The second-order valence-electron chi connectivity index (χ2n) is 8.54. The molecule has 0 bridgehead atoms. The molecule has 1 fully saturated rings. The van der Waals surface area contributed by atoms with E-state index in [4.69, 9.17) is 0 Å². The summed E-state index contributed by atoms with van der Waals surface area (Å²) >= 11 is 1.84. The minimum absolute atomic E-state index is 0.256. The first kappa shape index (κ1) is 22.0. The van der Waals surface area contributed by atoms with E-state index in [-0.39, 0.29) is 5.78 Å². The summed E-state index contributed by atoms with van der Waals surface area (Å²) in [6.07, 6.45) is 2.11. The molecule has 1 aromatic carbocycles. The number of nitrogens with zero attached hydrogens (tertiary/aromatic N) is 3. The van der Waals surface area contributed by atoms with E-state index in [0.717, 1.165) is 63.4 Å². The van der Waals surface area contributed by atoms with E-state index in [1.807, 2.05) is 11.3 Å². The molecule has 0 spiro atoms. The number of aromatic nitrogens is 1. The highest BCUT2D eigenvalue weighted by molar-refractivity contribution is 7.09. The maximum Gasteiger partial charge on any atom is 0.178 e. The van der Waals surface area contributed by atoms with Crippen molar-refractivity contribution in [2.75, 3.05) is 39.3 Å². The Kier molecular flexibility index (Phi) is 7.38. The SMILES string of the molecule is Cc1cc(C(=O)CN2CCN(CCc3cccs3)CC2)c(C)n1CCc1ccccc1. The number of carbonyl (C=O) groups excluding carboxylic acids is 1. The lowest BCUT2D eigenvalue weighted by Gasteiger charge is -2.34. The van der Waals surface area contributed by atoms with Gasteiger partial charge in [0.15, 0.2) is 5.78 Å². The van der Waals surface area contributed by atoms with Gasteiger partial charge in [-0.3, -0.25) is 9.69 Å². The van der Waals surface area contributed by atoms with Crippen molar-refractivity contribution in [3.05, 3.63) is 81.3 Å². The number of hydrogen-bond acceptors (Lipinski definition) is 4. The molecule has 4 nitrogen and oxygen atoms in total. The van der Waals surface area contributed by atoms with Gasteiger partial charge in [-0.1, -0.05) is 36.4 Å². The van der Waals surface area contributed by atoms with Crippen LogP contribution in [-0.4, -0.2) is 59.4 Å². The molecule has 1 aliphatic rings. The second kappa shape index (κ2) is 10.4. The van der Waals surface area contributed by atoms with Crippen molar-refractivity contribution in [1.82, 2.24) is 14.4 Å². The van der Waals surface area contributed by atoms with Crippen LogP contribution in [0, 0.1) is 13.8 Å². The monoisotopic (exact) mass is 435 g/mol. The van der Waals surface area contributed by atoms with E-state index in [9.17, 15) is 4.79 Å². The smallest absolute Gasteiger partial charge is 0.178 e. The first-order valence-electron chi connectivity index (χ1n) is 11.3. The molecule has 31 heavy (non-hydrogen) atoms. The third-order valence-corrected chi connectivity index (χ3v) is 7.36. The molecule has 4 rings (SSSR count). The largest absolute Gasteiger partial charge is 0.348 e. The Hall–Kier alpha value is -2.21. The molecular weight excluding hydrogens is 402 g/mol. The van der Waals surface area contributed by atoms with Crippen LogP contribution in [0.5, 0.6) is 0 Å². The molecule has 1 aliphatic heterocycles. The van der Waals surface area contributed by atoms with Crippen LogP contribution in [0.25, 0.3) is 0 Å². The first-order valence-corrected chi connectivity index (χ1v) is 12.2. The quantitative estimate of drug-likeness (QED) is 0.465. The van der Waals surface area contributed by atoms with E-state index in [1.54, 1.807) is 0 Å². The molecule has 0 saturated carbocycles. The minimum atomic E-state index is 0.256. The number of piperazine rings is 1. The van der Waals surface area contributed by atoms with Crippen molar-refractivity contribution >= 4 is 17.1 Å². The maximum atomic E-state index is 13.1. The second-order valence-corrected chi connectivity index (χ2v) is 9.57. The third kappa shape index (κ3) is 5.73. The average molecular weight is 436 g/mol. The molecule has 0 aliphatic carbocycles. The lowest BCUT2D eigenvalue weighted by molar-refractivity contribution is 0.0854. The maximum absolute atomic E-state index is 13.1. The average Bonchev–Trinajstić information content (AvgIpc) is 3.40. The van der Waals surface area contributed by atoms with Crippen molar-refractivity contribution < 1.29 is 4.79 Å². The minimum Gasteiger partial charge on any atom is -0.348 e. The number of benzene rings is 1. The van der Waals surface area contributed by atoms with E-state index in [1.165, 1.54) is 16.1 Å². The summed E-state index contributed by atoms with van der Waals surface area (Å²) in [6.45, 7) is 10.8. The Balaban J connectivity index is 1.28. The normalized spacial score (nSPS) is 15.4. The van der Waals surface area contributed by atoms with Gasteiger partial charge in [-0.25, -0.2) is 0 Å². The summed E-state index contributed by atoms with van der Waals surface area (Å²) in [5, 5.41) is 2.15.